The van der Waals surface area contributed by atoms with Crippen LogP contribution >= 0.6 is 0 Å². The van der Waals surface area contributed by atoms with Crippen LogP contribution in [0.1, 0.15) is 168 Å². The summed E-state index contributed by atoms with van der Waals surface area (Å²) in [5, 5.41) is 0. The number of rotatable bonds is 24. The molecule has 0 rings (SSSR count). The van der Waals surface area contributed by atoms with E-state index in [4.69, 9.17) is 0 Å². The molecule has 0 aromatic heterocycles. The molecule has 0 aliphatic carbocycles. The molecule has 0 N–H and O–H groups in total. The van der Waals surface area contributed by atoms with Gasteiger partial charge in [-0.3, -0.25) is 0 Å². The van der Waals surface area contributed by atoms with Crippen LogP contribution in [0.15, 0.2) is 12.2 Å². The zero-order valence-corrected chi connectivity index (χ0v) is 21.0. The highest BCUT2D eigenvalue weighted by atomic mass is 14.1. The molecule has 0 heteroatoms. The number of hydrogen-bond acceptors (Lipinski definition) is 0. The first-order chi connectivity index (χ1) is 14.3. The van der Waals surface area contributed by atoms with Crippen molar-refractivity contribution >= 4 is 0 Å². The van der Waals surface area contributed by atoms with E-state index in [-0.39, 0.29) is 0 Å². The fourth-order valence-electron chi connectivity index (χ4n) is 4.51. The number of hydrogen-bond donors (Lipinski definition) is 0. The summed E-state index contributed by atoms with van der Waals surface area (Å²) in [6.07, 6.45) is 37.9. The topological polar surface area (TPSA) is 0 Å². The lowest BCUT2D eigenvalue weighted by Crippen LogP contribution is -1.99. The van der Waals surface area contributed by atoms with Gasteiger partial charge in [0, 0.05) is 0 Å². The van der Waals surface area contributed by atoms with Gasteiger partial charge in [-0.25, -0.2) is 0 Å². The van der Waals surface area contributed by atoms with Crippen molar-refractivity contribution in [2.45, 2.75) is 168 Å². The highest BCUT2D eigenvalue weighted by Gasteiger charge is 2.05. The average Bonchev–Trinajstić information content (AvgIpc) is 2.73. The monoisotopic (exact) mass is 406 g/mol. The maximum Gasteiger partial charge on any atom is -0.0322 e. The van der Waals surface area contributed by atoms with E-state index >= 15 is 0 Å². The van der Waals surface area contributed by atoms with Crippen LogP contribution in [0.3, 0.4) is 0 Å². The zero-order valence-electron chi connectivity index (χ0n) is 21.0. The van der Waals surface area contributed by atoms with Gasteiger partial charge in [-0.15, -0.1) is 0 Å². The molecule has 0 amide bonds. The highest BCUT2D eigenvalue weighted by Crippen LogP contribution is 2.21. The van der Waals surface area contributed by atoms with Crippen molar-refractivity contribution in [3.63, 3.8) is 0 Å². The van der Waals surface area contributed by atoms with Gasteiger partial charge in [0.2, 0.25) is 0 Å². The Labute approximate surface area is 186 Å². The van der Waals surface area contributed by atoms with Crippen molar-refractivity contribution in [1.82, 2.24) is 0 Å². The lowest BCUT2D eigenvalue weighted by molar-refractivity contribution is 0.421. The third-order valence-electron chi connectivity index (χ3n) is 6.52. The second kappa shape index (κ2) is 25.8. The van der Waals surface area contributed by atoms with E-state index < -0.39 is 0 Å². The van der Waals surface area contributed by atoms with Crippen LogP contribution in [0.2, 0.25) is 0 Å². The first-order valence-corrected chi connectivity index (χ1v) is 14.0. The first kappa shape index (κ1) is 28.7. The van der Waals surface area contributed by atoms with Crippen molar-refractivity contribution < 1.29 is 0 Å². The maximum absolute atomic E-state index is 2.51. The van der Waals surface area contributed by atoms with Crippen LogP contribution in [0, 0.1) is 5.92 Å². The second-order valence-corrected chi connectivity index (χ2v) is 9.60. The Kier molecular flexibility index (Phi) is 25.5. The molecule has 0 spiro atoms. The molecule has 1 unspecified atom stereocenters. The summed E-state index contributed by atoms with van der Waals surface area (Å²) < 4.78 is 0. The summed E-state index contributed by atoms with van der Waals surface area (Å²) in [6, 6.07) is 0. The van der Waals surface area contributed by atoms with Crippen LogP contribution in [0.5, 0.6) is 0 Å². The lowest BCUT2D eigenvalue weighted by Gasteiger charge is -2.14. The molecule has 0 nitrogen and oxygen atoms in total. The van der Waals surface area contributed by atoms with Crippen molar-refractivity contribution in [3.8, 4) is 0 Å². The second-order valence-electron chi connectivity index (χ2n) is 9.60. The molecule has 0 radical (unpaired) electrons. The fourth-order valence-corrected chi connectivity index (χ4v) is 4.51. The highest BCUT2D eigenvalue weighted by molar-refractivity contribution is 4.84. The summed E-state index contributed by atoms with van der Waals surface area (Å²) in [6.45, 7) is 6.96. The van der Waals surface area contributed by atoms with Crippen LogP contribution in [0.25, 0.3) is 0 Å². The molecule has 0 saturated heterocycles. The first-order valence-electron chi connectivity index (χ1n) is 14.0. The van der Waals surface area contributed by atoms with E-state index in [1.807, 2.05) is 0 Å². The van der Waals surface area contributed by atoms with E-state index in [1.165, 1.54) is 148 Å². The van der Waals surface area contributed by atoms with E-state index in [2.05, 4.69) is 32.9 Å². The van der Waals surface area contributed by atoms with Crippen molar-refractivity contribution in [3.05, 3.63) is 12.2 Å². The molecule has 0 aliphatic rings. The molecule has 0 saturated carbocycles. The Hall–Kier alpha value is -0.260. The Morgan fingerprint density at radius 3 is 1.34 bits per heavy atom. The zero-order chi connectivity index (χ0) is 21.3. The molecule has 0 aromatic rings. The van der Waals surface area contributed by atoms with Gasteiger partial charge in [0.1, 0.15) is 0 Å². The standard InChI is InChI=1S/C29H58/c1-4-7-9-11-13-15-16-17-19-21-23-25-28-29(26-6-3)27-24-22-20-18-14-12-10-8-5-2/h22,24,29H,4-21,23,25-28H2,1-3H3/b24-22+. The quantitative estimate of drug-likeness (QED) is 0.110. The van der Waals surface area contributed by atoms with Gasteiger partial charge in [0.25, 0.3) is 0 Å². The van der Waals surface area contributed by atoms with Crippen molar-refractivity contribution in [2.75, 3.05) is 0 Å². The predicted octanol–water partition coefficient (Wildman–Crippen LogP) is 11.2. The molecule has 0 fully saturated rings. The number of allylic oxidation sites excluding steroid dienone is 2. The molecular weight excluding hydrogens is 348 g/mol. The largest absolute Gasteiger partial charge is 0.0885 e. The summed E-state index contributed by atoms with van der Waals surface area (Å²) in [4.78, 5) is 0. The van der Waals surface area contributed by atoms with Gasteiger partial charge in [0.05, 0.1) is 0 Å². The summed E-state index contributed by atoms with van der Waals surface area (Å²) in [5.41, 5.74) is 0. The van der Waals surface area contributed by atoms with Crippen molar-refractivity contribution in [1.29, 1.82) is 0 Å². The van der Waals surface area contributed by atoms with Gasteiger partial charge in [0.15, 0.2) is 0 Å². The lowest BCUT2D eigenvalue weighted by atomic mass is 9.92. The summed E-state index contributed by atoms with van der Waals surface area (Å²) >= 11 is 0. The molecule has 1 atom stereocenters. The van der Waals surface area contributed by atoms with Gasteiger partial charge in [-0.2, -0.15) is 0 Å². The van der Waals surface area contributed by atoms with Gasteiger partial charge < -0.3 is 0 Å². The summed E-state index contributed by atoms with van der Waals surface area (Å²) in [5.74, 6) is 0.948. The van der Waals surface area contributed by atoms with Crippen LogP contribution < -0.4 is 0 Å². The minimum absolute atomic E-state index is 0.948. The molecular formula is C29H58. The molecule has 0 heterocycles. The molecule has 174 valence electrons. The van der Waals surface area contributed by atoms with Crippen LogP contribution in [-0.4, -0.2) is 0 Å². The third-order valence-corrected chi connectivity index (χ3v) is 6.52. The average molecular weight is 407 g/mol. The van der Waals surface area contributed by atoms with Crippen LogP contribution in [0.4, 0.5) is 0 Å². The Balaban J connectivity index is 3.48. The van der Waals surface area contributed by atoms with E-state index in [0.29, 0.717) is 0 Å². The fraction of sp³-hybridized carbons (Fsp3) is 0.931. The van der Waals surface area contributed by atoms with Gasteiger partial charge in [-0.05, 0) is 25.2 Å². The molecule has 0 aromatic carbocycles. The van der Waals surface area contributed by atoms with E-state index in [0.717, 1.165) is 5.92 Å². The third kappa shape index (κ3) is 23.9. The van der Waals surface area contributed by atoms with Crippen LogP contribution in [-0.2, 0) is 0 Å². The Morgan fingerprint density at radius 1 is 0.414 bits per heavy atom. The Morgan fingerprint density at radius 2 is 0.862 bits per heavy atom. The van der Waals surface area contributed by atoms with Gasteiger partial charge >= 0.3 is 0 Å². The Bertz CT molecular complexity index is 303. The molecule has 29 heavy (non-hydrogen) atoms. The molecule has 0 bridgehead atoms. The van der Waals surface area contributed by atoms with Gasteiger partial charge in [-0.1, -0.05) is 161 Å². The SMILES string of the molecule is CCCCCCCC/C=C/CC(CCC)CCCCCCCCCCCCCC. The maximum atomic E-state index is 2.51. The molecule has 0 aliphatic heterocycles. The smallest absolute Gasteiger partial charge is 0.0322 e. The predicted molar refractivity (Wildman–Crippen MR) is 136 cm³/mol. The van der Waals surface area contributed by atoms with E-state index in [9.17, 15) is 0 Å². The summed E-state index contributed by atoms with van der Waals surface area (Å²) in [7, 11) is 0. The normalized spacial score (nSPS) is 12.8. The number of unbranched alkanes of at least 4 members (excludes halogenated alkanes) is 17. The van der Waals surface area contributed by atoms with Crippen molar-refractivity contribution in [2.24, 2.45) is 5.92 Å². The van der Waals surface area contributed by atoms with E-state index in [1.54, 1.807) is 0 Å². The minimum atomic E-state index is 0.948. The minimum Gasteiger partial charge on any atom is -0.0885 e.